The van der Waals surface area contributed by atoms with E-state index in [1.807, 2.05) is 12.3 Å². The summed E-state index contributed by atoms with van der Waals surface area (Å²) in [6, 6.07) is 6.12. The molecular weight excluding hydrogens is 236 g/mol. The van der Waals surface area contributed by atoms with Crippen LogP contribution in [0.1, 0.15) is 50.1 Å². The van der Waals surface area contributed by atoms with Gasteiger partial charge in [0.1, 0.15) is 0 Å². The van der Waals surface area contributed by atoms with E-state index in [1.165, 1.54) is 25.0 Å². The van der Waals surface area contributed by atoms with E-state index in [4.69, 9.17) is 0 Å². The van der Waals surface area contributed by atoms with Gasteiger partial charge in [0.05, 0.1) is 0 Å². The first-order valence-electron chi connectivity index (χ1n) is 7.51. The summed E-state index contributed by atoms with van der Waals surface area (Å²) in [5, 5.41) is 0. The summed E-state index contributed by atoms with van der Waals surface area (Å²) in [7, 11) is 0. The molecule has 1 aliphatic carbocycles. The first-order valence-corrected chi connectivity index (χ1v) is 7.51. The highest BCUT2D eigenvalue weighted by molar-refractivity contribution is 5.76. The molecule has 3 rings (SSSR count). The first kappa shape index (κ1) is 12.6. The van der Waals surface area contributed by atoms with Crippen molar-refractivity contribution in [2.75, 3.05) is 13.1 Å². The molecule has 1 amide bonds. The number of rotatable bonds is 3. The number of carbonyl (C=O) groups excluding carboxylic acids is 1. The number of nitrogens with zero attached hydrogens (tertiary/aromatic N) is 2. The molecule has 2 aliphatic rings. The van der Waals surface area contributed by atoms with Crippen molar-refractivity contribution in [1.29, 1.82) is 0 Å². The summed E-state index contributed by atoms with van der Waals surface area (Å²) < 4.78 is 0. The molecule has 0 aromatic carbocycles. The normalized spacial score (nSPS) is 21.2. The summed E-state index contributed by atoms with van der Waals surface area (Å²) in [6.45, 7) is 1.82. The van der Waals surface area contributed by atoms with E-state index < -0.39 is 0 Å². The van der Waals surface area contributed by atoms with Gasteiger partial charge in [-0.15, -0.1) is 0 Å². The lowest BCUT2D eigenvalue weighted by Crippen LogP contribution is -2.39. The van der Waals surface area contributed by atoms with Gasteiger partial charge in [-0.25, -0.2) is 0 Å². The third-order valence-electron chi connectivity index (χ3n) is 4.64. The second-order valence-corrected chi connectivity index (χ2v) is 5.91. The molecule has 0 spiro atoms. The van der Waals surface area contributed by atoms with Crippen LogP contribution in [-0.2, 0) is 4.79 Å². The molecule has 1 aromatic heterocycles. The maximum Gasteiger partial charge on any atom is 0.222 e. The Morgan fingerprint density at radius 2 is 2.00 bits per heavy atom. The van der Waals surface area contributed by atoms with Crippen LogP contribution in [0.5, 0.6) is 0 Å². The van der Waals surface area contributed by atoms with Gasteiger partial charge in [-0.3, -0.25) is 9.78 Å². The number of pyridine rings is 1. The summed E-state index contributed by atoms with van der Waals surface area (Å²) in [4.78, 5) is 18.7. The van der Waals surface area contributed by atoms with Crippen LogP contribution in [-0.4, -0.2) is 28.9 Å². The number of aromatic nitrogens is 1. The molecule has 1 saturated heterocycles. The Morgan fingerprint density at radius 1 is 1.21 bits per heavy atom. The lowest BCUT2D eigenvalue weighted by atomic mass is 9.82. The Hall–Kier alpha value is -1.38. The third kappa shape index (κ3) is 2.96. The maximum atomic E-state index is 12.2. The van der Waals surface area contributed by atoms with Crippen LogP contribution in [0.3, 0.4) is 0 Å². The molecule has 2 heterocycles. The SMILES string of the molecule is O=C(CC1CCC1)N1CCC(c2ccccn2)CC1. The number of amides is 1. The molecule has 0 radical (unpaired) electrons. The van der Waals surface area contributed by atoms with Crippen LogP contribution in [0.15, 0.2) is 24.4 Å². The predicted octanol–water partition coefficient (Wildman–Crippen LogP) is 2.98. The quantitative estimate of drug-likeness (QED) is 0.835. The van der Waals surface area contributed by atoms with Gasteiger partial charge in [0, 0.05) is 37.3 Å². The number of hydrogen-bond donors (Lipinski definition) is 0. The second-order valence-electron chi connectivity index (χ2n) is 5.91. The van der Waals surface area contributed by atoms with Crippen molar-refractivity contribution in [3.63, 3.8) is 0 Å². The lowest BCUT2D eigenvalue weighted by molar-refractivity contribution is -0.133. The zero-order chi connectivity index (χ0) is 13.1. The monoisotopic (exact) mass is 258 g/mol. The standard InChI is InChI=1S/C16H22N2O/c19-16(12-13-4-3-5-13)18-10-7-14(8-11-18)15-6-1-2-9-17-15/h1-2,6,9,13-14H,3-5,7-8,10-12H2. The van der Waals surface area contributed by atoms with E-state index in [9.17, 15) is 4.79 Å². The zero-order valence-corrected chi connectivity index (χ0v) is 11.4. The minimum Gasteiger partial charge on any atom is -0.343 e. The van der Waals surface area contributed by atoms with Crippen LogP contribution in [0.25, 0.3) is 0 Å². The highest BCUT2D eigenvalue weighted by atomic mass is 16.2. The van der Waals surface area contributed by atoms with E-state index in [0.717, 1.165) is 32.4 Å². The van der Waals surface area contributed by atoms with Crippen LogP contribution < -0.4 is 0 Å². The molecule has 1 aromatic rings. The highest BCUT2D eigenvalue weighted by Gasteiger charge is 2.27. The van der Waals surface area contributed by atoms with Crippen LogP contribution in [0.2, 0.25) is 0 Å². The summed E-state index contributed by atoms with van der Waals surface area (Å²) in [5.74, 6) is 1.60. The fraction of sp³-hybridized carbons (Fsp3) is 0.625. The zero-order valence-electron chi connectivity index (χ0n) is 11.4. The Balaban J connectivity index is 1.50. The van der Waals surface area contributed by atoms with Crippen molar-refractivity contribution in [3.05, 3.63) is 30.1 Å². The average molecular weight is 258 g/mol. The van der Waals surface area contributed by atoms with Crippen molar-refractivity contribution in [2.24, 2.45) is 5.92 Å². The summed E-state index contributed by atoms with van der Waals surface area (Å²) in [5.41, 5.74) is 1.19. The van der Waals surface area contributed by atoms with Crippen molar-refractivity contribution in [1.82, 2.24) is 9.88 Å². The summed E-state index contributed by atoms with van der Waals surface area (Å²) in [6.07, 6.45) is 8.62. The van der Waals surface area contributed by atoms with E-state index in [1.54, 1.807) is 0 Å². The van der Waals surface area contributed by atoms with Gasteiger partial charge >= 0.3 is 0 Å². The van der Waals surface area contributed by atoms with Gasteiger partial charge in [-0.2, -0.15) is 0 Å². The molecule has 0 atom stereocenters. The molecule has 19 heavy (non-hydrogen) atoms. The van der Waals surface area contributed by atoms with E-state index in [0.29, 0.717) is 17.7 Å². The molecule has 3 nitrogen and oxygen atoms in total. The maximum absolute atomic E-state index is 12.2. The Morgan fingerprint density at radius 3 is 2.58 bits per heavy atom. The van der Waals surface area contributed by atoms with Gasteiger partial charge in [-0.05, 0) is 43.7 Å². The Kier molecular flexibility index (Phi) is 3.81. The molecule has 102 valence electrons. The molecule has 3 heteroatoms. The van der Waals surface area contributed by atoms with Gasteiger partial charge in [0.15, 0.2) is 0 Å². The van der Waals surface area contributed by atoms with Crippen molar-refractivity contribution in [3.8, 4) is 0 Å². The van der Waals surface area contributed by atoms with Crippen molar-refractivity contribution >= 4 is 5.91 Å². The molecule has 0 unspecified atom stereocenters. The fourth-order valence-corrected chi connectivity index (χ4v) is 3.12. The summed E-state index contributed by atoms with van der Waals surface area (Å²) >= 11 is 0. The predicted molar refractivity (Wildman–Crippen MR) is 74.8 cm³/mol. The van der Waals surface area contributed by atoms with Crippen molar-refractivity contribution < 1.29 is 4.79 Å². The van der Waals surface area contributed by atoms with Crippen molar-refractivity contribution in [2.45, 2.75) is 44.4 Å². The second kappa shape index (κ2) is 5.72. The number of piperidine rings is 1. The molecule has 2 fully saturated rings. The van der Waals surface area contributed by atoms with Gasteiger partial charge in [0.25, 0.3) is 0 Å². The Bertz CT molecular complexity index is 420. The number of hydrogen-bond acceptors (Lipinski definition) is 2. The number of likely N-dealkylation sites (tertiary alicyclic amines) is 1. The number of carbonyl (C=O) groups is 1. The molecule has 0 N–H and O–H groups in total. The van der Waals surface area contributed by atoms with Crippen LogP contribution in [0, 0.1) is 5.92 Å². The first-order chi connectivity index (χ1) is 9.33. The van der Waals surface area contributed by atoms with E-state index in [-0.39, 0.29) is 0 Å². The topological polar surface area (TPSA) is 33.2 Å². The van der Waals surface area contributed by atoms with Gasteiger partial charge < -0.3 is 4.90 Å². The fourth-order valence-electron chi connectivity index (χ4n) is 3.12. The van der Waals surface area contributed by atoms with Gasteiger partial charge in [-0.1, -0.05) is 12.5 Å². The minimum atomic E-state index is 0.379. The average Bonchev–Trinajstić information content (AvgIpc) is 2.44. The molecular formula is C16H22N2O. The molecule has 1 aliphatic heterocycles. The third-order valence-corrected chi connectivity index (χ3v) is 4.64. The smallest absolute Gasteiger partial charge is 0.222 e. The highest BCUT2D eigenvalue weighted by Crippen LogP contribution is 2.31. The molecule has 1 saturated carbocycles. The van der Waals surface area contributed by atoms with E-state index in [2.05, 4.69) is 22.0 Å². The van der Waals surface area contributed by atoms with Crippen LogP contribution >= 0.6 is 0 Å². The van der Waals surface area contributed by atoms with Crippen LogP contribution in [0.4, 0.5) is 0 Å². The van der Waals surface area contributed by atoms with Gasteiger partial charge in [0.2, 0.25) is 5.91 Å². The minimum absolute atomic E-state index is 0.379. The molecule has 0 bridgehead atoms. The largest absolute Gasteiger partial charge is 0.343 e. The van der Waals surface area contributed by atoms with E-state index >= 15 is 0 Å². The lowest BCUT2D eigenvalue weighted by Gasteiger charge is -2.34. The Labute approximate surface area is 115 Å².